The summed E-state index contributed by atoms with van der Waals surface area (Å²) in [5, 5.41) is 6.41. The van der Waals surface area contributed by atoms with Crippen molar-refractivity contribution in [3.05, 3.63) is 53.6 Å². The van der Waals surface area contributed by atoms with E-state index in [1.54, 1.807) is 14.2 Å². The second kappa shape index (κ2) is 11.2. The van der Waals surface area contributed by atoms with Crippen molar-refractivity contribution >= 4 is 17.6 Å². The van der Waals surface area contributed by atoms with Crippen LogP contribution in [0, 0.1) is 0 Å². The van der Waals surface area contributed by atoms with Crippen molar-refractivity contribution in [1.29, 1.82) is 0 Å². The molecule has 0 aliphatic carbocycles. The number of aryl methyl sites for hydroxylation is 1. The molecule has 7 nitrogen and oxygen atoms in total. The van der Waals surface area contributed by atoms with Gasteiger partial charge in [-0.15, -0.1) is 0 Å². The fraction of sp³-hybridized carbons (Fsp3) is 0.417. The molecule has 2 aromatic rings. The zero-order valence-electron chi connectivity index (χ0n) is 18.6. The fourth-order valence-electron chi connectivity index (χ4n) is 3.72. The number of nitrogens with zero attached hydrogens (tertiary/aromatic N) is 2. The van der Waals surface area contributed by atoms with E-state index in [0.717, 1.165) is 49.5 Å². The van der Waals surface area contributed by atoms with E-state index >= 15 is 0 Å². The number of methoxy groups -OCH3 is 1. The van der Waals surface area contributed by atoms with Crippen LogP contribution in [0.15, 0.2) is 47.5 Å². The van der Waals surface area contributed by atoms with Gasteiger partial charge in [-0.3, -0.25) is 9.79 Å². The molecule has 0 unspecified atom stereocenters. The van der Waals surface area contributed by atoms with Crippen molar-refractivity contribution in [1.82, 2.24) is 10.6 Å². The first-order valence-corrected chi connectivity index (χ1v) is 10.8. The zero-order valence-corrected chi connectivity index (χ0v) is 18.6. The Morgan fingerprint density at radius 1 is 1.16 bits per heavy atom. The SMILES string of the molecule is CCOc1cc(CCCNC(=NC)NCC(=O)N2CCc3ccccc32)ccc1OC. The van der Waals surface area contributed by atoms with Gasteiger partial charge in [0.2, 0.25) is 5.91 Å². The molecule has 1 heterocycles. The van der Waals surface area contributed by atoms with Gasteiger partial charge in [-0.05, 0) is 55.5 Å². The van der Waals surface area contributed by atoms with Gasteiger partial charge in [0.25, 0.3) is 0 Å². The van der Waals surface area contributed by atoms with E-state index in [0.29, 0.717) is 12.6 Å². The zero-order chi connectivity index (χ0) is 22.1. The van der Waals surface area contributed by atoms with Gasteiger partial charge in [0.15, 0.2) is 17.5 Å². The highest BCUT2D eigenvalue weighted by Gasteiger charge is 2.23. The number of fused-ring (bicyclic) bond motifs is 1. The first-order chi connectivity index (χ1) is 15.2. The number of nitrogens with one attached hydrogen (secondary N) is 2. The summed E-state index contributed by atoms with van der Waals surface area (Å²) in [5.74, 6) is 2.20. The van der Waals surface area contributed by atoms with Crippen LogP contribution in [0.5, 0.6) is 11.5 Å². The number of anilines is 1. The van der Waals surface area contributed by atoms with Crippen LogP contribution in [0.2, 0.25) is 0 Å². The predicted octanol–water partition coefficient (Wildman–Crippen LogP) is 2.78. The smallest absolute Gasteiger partial charge is 0.246 e. The maximum absolute atomic E-state index is 12.6. The Morgan fingerprint density at radius 3 is 2.77 bits per heavy atom. The number of ether oxygens (including phenoxy) is 2. The lowest BCUT2D eigenvalue weighted by molar-refractivity contribution is -0.117. The molecule has 2 aromatic carbocycles. The number of carbonyl (C=O) groups excluding carboxylic acids is 1. The van der Waals surface area contributed by atoms with E-state index in [9.17, 15) is 4.79 Å². The summed E-state index contributed by atoms with van der Waals surface area (Å²) in [5.41, 5.74) is 3.43. The van der Waals surface area contributed by atoms with Gasteiger partial charge in [0.05, 0.1) is 20.3 Å². The van der Waals surface area contributed by atoms with Crippen molar-refractivity contribution < 1.29 is 14.3 Å². The monoisotopic (exact) mass is 424 g/mol. The molecule has 0 atom stereocenters. The minimum Gasteiger partial charge on any atom is -0.493 e. The lowest BCUT2D eigenvalue weighted by atomic mass is 10.1. The van der Waals surface area contributed by atoms with E-state index in [1.807, 2.05) is 42.2 Å². The van der Waals surface area contributed by atoms with Crippen LogP contribution >= 0.6 is 0 Å². The number of para-hydroxylation sites is 1. The Morgan fingerprint density at radius 2 is 2.00 bits per heavy atom. The highest BCUT2D eigenvalue weighted by Crippen LogP contribution is 2.28. The summed E-state index contributed by atoms with van der Waals surface area (Å²) in [6, 6.07) is 14.1. The van der Waals surface area contributed by atoms with Gasteiger partial charge in [0.1, 0.15) is 0 Å². The molecule has 166 valence electrons. The third-order valence-corrected chi connectivity index (χ3v) is 5.28. The van der Waals surface area contributed by atoms with Crippen molar-refractivity contribution in [3.63, 3.8) is 0 Å². The van der Waals surface area contributed by atoms with Crippen molar-refractivity contribution in [2.45, 2.75) is 26.2 Å². The van der Waals surface area contributed by atoms with Crippen LogP contribution in [0.3, 0.4) is 0 Å². The third-order valence-electron chi connectivity index (χ3n) is 5.28. The van der Waals surface area contributed by atoms with Gasteiger partial charge in [-0.2, -0.15) is 0 Å². The first-order valence-electron chi connectivity index (χ1n) is 10.8. The van der Waals surface area contributed by atoms with Crippen LogP contribution in [0.4, 0.5) is 5.69 Å². The van der Waals surface area contributed by atoms with Crippen molar-refractivity contribution in [3.8, 4) is 11.5 Å². The molecule has 0 spiro atoms. The van der Waals surface area contributed by atoms with E-state index < -0.39 is 0 Å². The molecule has 0 aromatic heterocycles. The fourth-order valence-corrected chi connectivity index (χ4v) is 3.72. The largest absolute Gasteiger partial charge is 0.493 e. The van der Waals surface area contributed by atoms with Crippen molar-refractivity contribution in [2.24, 2.45) is 4.99 Å². The Hall–Kier alpha value is -3.22. The topological polar surface area (TPSA) is 75.2 Å². The maximum Gasteiger partial charge on any atom is 0.246 e. The number of benzene rings is 2. The number of guanidine groups is 1. The summed E-state index contributed by atoms with van der Waals surface area (Å²) < 4.78 is 11.0. The summed E-state index contributed by atoms with van der Waals surface area (Å²) in [6.07, 6.45) is 2.73. The highest BCUT2D eigenvalue weighted by molar-refractivity contribution is 5.98. The number of hydrogen-bond acceptors (Lipinski definition) is 4. The minimum atomic E-state index is 0.0505. The van der Waals surface area contributed by atoms with E-state index in [4.69, 9.17) is 9.47 Å². The van der Waals surface area contributed by atoms with E-state index in [-0.39, 0.29) is 12.5 Å². The molecule has 0 saturated carbocycles. The van der Waals surface area contributed by atoms with Gasteiger partial charge in [-0.1, -0.05) is 24.3 Å². The second-order valence-electron chi connectivity index (χ2n) is 7.30. The van der Waals surface area contributed by atoms with Gasteiger partial charge < -0.3 is 25.0 Å². The number of carbonyl (C=O) groups is 1. The lowest BCUT2D eigenvalue weighted by Crippen LogP contribution is -2.44. The Balaban J connectivity index is 1.42. The number of amides is 1. The molecule has 0 saturated heterocycles. The van der Waals surface area contributed by atoms with E-state index in [1.165, 1.54) is 11.1 Å². The molecule has 0 radical (unpaired) electrons. The van der Waals surface area contributed by atoms with Gasteiger partial charge >= 0.3 is 0 Å². The van der Waals surface area contributed by atoms with Gasteiger partial charge in [-0.25, -0.2) is 0 Å². The third kappa shape index (κ3) is 5.90. The summed E-state index contributed by atoms with van der Waals surface area (Å²) in [4.78, 5) is 18.7. The summed E-state index contributed by atoms with van der Waals surface area (Å²) in [7, 11) is 3.36. The van der Waals surface area contributed by atoms with Crippen LogP contribution < -0.4 is 25.0 Å². The van der Waals surface area contributed by atoms with Crippen LogP contribution in [-0.2, 0) is 17.6 Å². The number of aliphatic imine (C=N–C) groups is 1. The molecule has 31 heavy (non-hydrogen) atoms. The van der Waals surface area contributed by atoms with Crippen LogP contribution in [0.1, 0.15) is 24.5 Å². The normalized spacial score (nSPS) is 13.0. The molecule has 1 aliphatic rings. The predicted molar refractivity (Wildman–Crippen MR) is 124 cm³/mol. The molecule has 1 aliphatic heterocycles. The van der Waals surface area contributed by atoms with Crippen LogP contribution in [-0.4, -0.2) is 52.3 Å². The summed E-state index contributed by atoms with van der Waals surface area (Å²) in [6.45, 7) is 4.26. The quantitative estimate of drug-likeness (QED) is 0.368. The van der Waals surface area contributed by atoms with Crippen LogP contribution in [0.25, 0.3) is 0 Å². The maximum atomic E-state index is 12.6. The molecular formula is C24H32N4O3. The minimum absolute atomic E-state index is 0.0505. The standard InChI is InChI=1S/C24H32N4O3/c1-4-31-22-16-18(11-12-21(22)30-3)8-7-14-26-24(25-2)27-17-23(29)28-15-13-19-9-5-6-10-20(19)28/h5-6,9-12,16H,4,7-8,13-15,17H2,1-3H3,(H2,25,26,27). The Kier molecular flexibility index (Phi) is 8.15. The molecule has 2 N–H and O–H groups in total. The molecule has 1 amide bonds. The number of hydrogen-bond donors (Lipinski definition) is 2. The molecular weight excluding hydrogens is 392 g/mol. The Bertz CT molecular complexity index is 913. The Labute approximate surface area is 184 Å². The van der Waals surface area contributed by atoms with Gasteiger partial charge in [0, 0.05) is 25.8 Å². The second-order valence-corrected chi connectivity index (χ2v) is 7.30. The molecule has 3 rings (SSSR count). The lowest BCUT2D eigenvalue weighted by Gasteiger charge is -2.19. The average Bonchev–Trinajstić information content (AvgIpc) is 3.23. The van der Waals surface area contributed by atoms with Crippen molar-refractivity contribution in [2.75, 3.05) is 45.3 Å². The summed E-state index contributed by atoms with van der Waals surface area (Å²) >= 11 is 0. The molecule has 0 bridgehead atoms. The number of rotatable bonds is 9. The highest BCUT2D eigenvalue weighted by atomic mass is 16.5. The average molecular weight is 425 g/mol. The van der Waals surface area contributed by atoms with E-state index in [2.05, 4.69) is 27.8 Å². The molecule has 7 heteroatoms. The first kappa shape index (κ1) is 22.5. The molecule has 0 fully saturated rings.